The van der Waals surface area contributed by atoms with Crippen LogP contribution in [0.3, 0.4) is 0 Å². The maximum absolute atomic E-state index is 13.6. The van der Waals surface area contributed by atoms with Crippen LogP contribution in [-0.2, 0) is 20.7 Å². The molecule has 1 aromatic heterocycles. The predicted molar refractivity (Wildman–Crippen MR) is 97.7 cm³/mol. The van der Waals surface area contributed by atoms with Crippen LogP contribution in [0.25, 0.3) is 0 Å². The maximum Gasteiger partial charge on any atom is 0.331 e. The molecule has 1 amide bonds. The molecule has 0 saturated heterocycles. The van der Waals surface area contributed by atoms with Crippen molar-refractivity contribution in [3.05, 3.63) is 71.8 Å². The number of hydrogen-bond donors (Lipinski definition) is 1. The molecule has 0 radical (unpaired) electrons. The van der Waals surface area contributed by atoms with E-state index in [-0.39, 0.29) is 5.69 Å². The van der Waals surface area contributed by atoms with Gasteiger partial charge in [0.2, 0.25) is 0 Å². The summed E-state index contributed by atoms with van der Waals surface area (Å²) in [5, 5.41) is 13.3. The van der Waals surface area contributed by atoms with E-state index in [9.17, 15) is 14.0 Å². The Hall–Kier alpha value is -3.62. The Bertz CT molecular complexity index is 947. The highest BCUT2D eigenvalue weighted by Crippen LogP contribution is 2.16. The number of tetrazole rings is 1. The van der Waals surface area contributed by atoms with E-state index in [4.69, 9.17) is 4.74 Å². The van der Waals surface area contributed by atoms with Gasteiger partial charge in [0, 0.05) is 12.1 Å². The lowest BCUT2D eigenvalue weighted by Crippen LogP contribution is -2.28. The molecule has 8 nitrogen and oxygen atoms in total. The Labute approximate surface area is 160 Å². The van der Waals surface area contributed by atoms with Crippen LogP contribution in [0.2, 0.25) is 0 Å². The lowest BCUT2D eigenvalue weighted by molar-refractivity contribution is -0.151. The molecule has 0 aliphatic heterocycles. The van der Waals surface area contributed by atoms with Crippen LogP contribution < -0.4 is 5.32 Å². The number of carbonyl (C=O) groups excluding carboxylic acids is 2. The number of rotatable bonds is 7. The SMILES string of the molecule is Cc1ccc(NC(=O)COC(=O)[C@H](Cc2ccccc2)n2cnnn2)cc1F. The van der Waals surface area contributed by atoms with Gasteiger partial charge in [0.25, 0.3) is 5.91 Å². The van der Waals surface area contributed by atoms with Crippen LogP contribution in [0.15, 0.2) is 54.9 Å². The highest BCUT2D eigenvalue weighted by atomic mass is 19.1. The largest absolute Gasteiger partial charge is 0.454 e. The van der Waals surface area contributed by atoms with E-state index in [0.717, 1.165) is 5.56 Å². The van der Waals surface area contributed by atoms with E-state index in [1.807, 2.05) is 30.3 Å². The fourth-order valence-electron chi connectivity index (χ4n) is 2.53. The third-order valence-electron chi connectivity index (χ3n) is 4.03. The van der Waals surface area contributed by atoms with E-state index in [2.05, 4.69) is 20.8 Å². The van der Waals surface area contributed by atoms with E-state index < -0.39 is 30.3 Å². The molecule has 1 atom stereocenters. The van der Waals surface area contributed by atoms with Gasteiger partial charge in [0.15, 0.2) is 12.6 Å². The fourth-order valence-corrected chi connectivity index (χ4v) is 2.53. The van der Waals surface area contributed by atoms with Crippen molar-refractivity contribution in [1.82, 2.24) is 20.2 Å². The average Bonchev–Trinajstić information content (AvgIpc) is 3.22. The van der Waals surface area contributed by atoms with Crippen molar-refractivity contribution in [2.45, 2.75) is 19.4 Å². The molecule has 3 aromatic rings. The minimum atomic E-state index is -0.818. The van der Waals surface area contributed by atoms with Crippen LogP contribution in [0.4, 0.5) is 10.1 Å². The molecule has 0 bridgehead atoms. The van der Waals surface area contributed by atoms with Gasteiger partial charge in [-0.15, -0.1) is 5.10 Å². The van der Waals surface area contributed by atoms with Gasteiger partial charge >= 0.3 is 5.97 Å². The first kappa shape index (κ1) is 19.2. The molecule has 0 saturated carbocycles. The lowest BCUT2D eigenvalue weighted by atomic mass is 10.1. The highest BCUT2D eigenvalue weighted by molar-refractivity contribution is 5.93. The third-order valence-corrected chi connectivity index (χ3v) is 4.03. The first-order valence-corrected chi connectivity index (χ1v) is 8.52. The quantitative estimate of drug-likeness (QED) is 0.627. The number of aromatic nitrogens is 4. The van der Waals surface area contributed by atoms with Gasteiger partial charge in [-0.2, -0.15) is 0 Å². The average molecular weight is 383 g/mol. The first-order chi connectivity index (χ1) is 13.5. The van der Waals surface area contributed by atoms with Crippen LogP contribution in [0, 0.1) is 12.7 Å². The third kappa shape index (κ3) is 4.97. The number of anilines is 1. The van der Waals surface area contributed by atoms with Crippen LogP contribution in [-0.4, -0.2) is 38.7 Å². The number of esters is 1. The molecule has 0 unspecified atom stereocenters. The minimum absolute atomic E-state index is 0.283. The summed E-state index contributed by atoms with van der Waals surface area (Å²) in [5.74, 6) is -1.66. The maximum atomic E-state index is 13.6. The topological polar surface area (TPSA) is 99.0 Å². The van der Waals surface area contributed by atoms with Crippen molar-refractivity contribution < 1.29 is 18.7 Å². The van der Waals surface area contributed by atoms with Crippen LogP contribution in [0.5, 0.6) is 0 Å². The molecule has 1 N–H and O–H groups in total. The van der Waals surface area contributed by atoms with Gasteiger partial charge in [-0.3, -0.25) is 4.79 Å². The molecule has 3 rings (SSSR count). The van der Waals surface area contributed by atoms with Crippen molar-refractivity contribution in [2.24, 2.45) is 0 Å². The van der Waals surface area contributed by atoms with Gasteiger partial charge < -0.3 is 10.1 Å². The Morgan fingerprint density at radius 2 is 2.00 bits per heavy atom. The molecular weight excluding hydrogens is 365 g/mol. The number of nitrogens with zero attached hydrogens (tertiary/aromatic N) is 4. The van der Waals surface area contributed by atoms with Crippen molar-refractivity contribution in [1.29, 1.82) is 0 Å². The van der Waals surface area contributed by atoms with Crippen molar-refractivity contribution in [3.8, 4) is 0 Å². The molecule has 144 valence electrons. The molecule has 28 heavy (non-hydrogen) atoms. The van der Waals surface area contributed by atoms with Crippen LogP contribution >= 0.6 is 0 Å². The summed E-state index contributed by atoms with van der Waals surface area (Å²) in [6.45, 7) is 1.11. The van der Waals surface area contributed by atoms with E-state index in [1.165, 1.54) is 17.1 Å². The number of carbonyl (C=O) groups is 2. The minimum Gasteiger partial charge on any atom is -0.454 e. The normalized spacial score (nSPS) is 11.6. The first-order valence-electron chi connectivity index (χ1n) is 8.52. The summed E-state index contributed by atoms with van der Waals surface area (Å²) in [5.41, 5.74) is 1.64. The molecular formula is C19H18FN5O3. The zero-order chi connectivity index (χ0) is 19.9. The fraction of sp³-hybridized carbons (Fsp3) is 0.211. The summed E-state index contributed by atoms with van der Waals surface area (Å²) in [4.78, 5) is 24.5. The zero-order valence-electron chi connectivity index (χ0n) is 15.1. The number of hydrogen-bond acceptors (Lipinski definition) is 6. The molecule has 0 fully saturated rings. The van der Waals surface area contributed by atoms with Gasteiger partial charge in [0.05, 0.1) is 0 Å². The smallest absolute Gasteiger partial charge is 0.331 e. The van der Waals surface area contributed by atoms with Crippen molar-refractivity contribution in [3.63, 3.8) is 0 Å². The molecule has 9 heteroatoms. The van der Waals surface area contributed by atoms with Gasteiger partial charge in [-0.1, -0.05) is 36.4 Å². The second-order valence-corrected chi connectivity index (χ2v) is 6.12. The molecule has 0 aliphatic rings. The standard InChI is InChI=1S/C19H18FN5O3/c1-13-7-8-15(10-16(13)20)22-18(26)11-28-19(27)17(25-12-21-23-24-25)9-14-5-3-2-4-6-14/h2-8,10,12,17H,9,11H2,1H3,(H,22,26)/t17-/m0/s1. The monoisotopic (exact) mass is 383 g/mol. The van der Waals surface area contributed by atoms with E-state index >= 15 is 0 Å². The number of benzene rings is 2. The Balaban J connectivity index is 1.61. The molecule has 0 aliphatic carbocycles. The number of amides is 1. The van der Waals surface area contributed by atoms with E-state index in [0.29, 0.717) is 12.0 Å². The van der Waals surface area contributed by atoms with Gasteiger partial charge in [0.1, 0.15) is 12.1 Å². The molecule has 0 spiro atoms. The number of nitrogens with one attached hydrogen (secondary N) is 1. The Morgan fingerprint density at radius 3 is 2.68 bits per heavy atom. The summed E-state index contributed by atoms with van der Waals surface area (Å²) >= 11 is 0. The summed E-state index contributed by atoms with van der Waals surface area (Å²) in [6, 6.07) is 12.8. The second-order valence-electron chi connectivity index (χ2n) is 6.12. The van der Waals surface area contributed by atoms with E-state index in [1.54, 1.807) is 19.1 Å². The predicted octanol–water partition coefficient (Wildman–Crippen LogP) is 2.09. The summed E-state index contributed by atoms with van der Waals surface area (Å²) < 4.78 is 20.0. The second kappa shape index (κ2) is 8.85. The number of ether oxygens (including phenoxy) is 1. The number of aryl methyl sites for hydroxylation is 1. The zero-order valence-corrected chi connectivity index (χ0v) is 15.1. The molecule has 2 aromatic carbocycles. The Morgan fingerprint density at radius 1 is 1.21 bits per heavy atom. The summed E-state index contributed by atoms with van der Waals surface area (Å²) in [7, 11) is 0. The van der Waals surface area contributed by atoms with Crippen molar-refractivity contribution >= 4 is 17.6 Å². The number of halogens is 1. The molecule has 1 heterocycles. The Kier molecular flexibility index (Phi) is 6.05. The van der Waals surface area contributed by atoms with Crippen LogP contribution in [0.1, 0.15) is 17.2 Å². The van der Waals surface area contributed by atoms with Gasteiger partial charge in [-0.05, 0) is 40.6 Å². The van der Waals surface area contributed by atoms with Crippen molar-refractivity contribution in [2.75, 3.05) is 11.9 Å². The highest BCUT2D eigenvalue weighted by Gasteiger charge is 2.24. The summed E-state index contributed by atoms with van der Waals surface area (Å²) in [6.07, 6.45) is 1.61. The lowest BCUT2D eigenvalue weighted by Gasteiger charge is -2.15. The van der Waals surface area contributed by atoms with Gasteiger partial charge in [-0.25, -0.2) is 13.9 Å².